The van der Waals surface area contributed by atoms with E-state index in [1.165, 1.54) is 12.5 Å². The second kappa shape index (κ2) is 4.80. The van der Waals surface area contributed by atoms with Crippen molar-refractivity contribution in [2.45, 2.75) is 25.1 Å². The number of nitrogens with zero attached hydrogens (tertiary/aromatic N) is 6. The van der Waals surface area contributed by atoms with Crippen molar-refractivity contribution in [2.24, 2.45) is 0 Å². The highest BCUT2D eigenvalue weighted by Crippen LogP contribution is 2.29. The molecule has 2 fully saturated rings. The first-order chi connectivity index (χ1) is 10.5. The van der Waals surface area contributed by atoms with Gasteiger partial charge in [-0.3, -0.25) is 4.90 Å². The van der Waals surface area contributed by atoms with Gasteiger partial charge in [-0.25, -0.2) is 0 Å². The average Bonchev–Trinajstić information content (AvgIpc) is 3.11. The second-order valence-electron chi connectivity index (χ2n) is 5.76. The SMILES string of the molecule is FC(F)(F)c1nnc2ccc(N3CCN4CCC[C@@H]4C3)nn12. The Bertz CT molecular complexity index is 697. The molecule has 0 amide bonds. The Kier molecular flexibility index (Phi) is 3.00. The van der Waals surface area contributed by atoms with Crippen LogP contribution in [0.15, 0.2) is 12.1 Å². The number of hydrogen-bond donors (Lipinski definition) is 0. The van der Waals surface area contributed by atoms with E-state index in [1.807, 2.05) is 4.90 Å². The van der Waals surface area contributed by atoms with Gasteiger partial charge in [0.25, 0.3) is 5.82 Å². The molecule has 0 unspecified atom stereocenters. The zero-order valence-electron chi connectivity index (χ0n) is 11.8. The topological polar surface area (TPSA) is 49.6 Å². The van der Waals surface area contributed by atoms with Crippen molar-refractivity contribution >= 4 is 11.5 Å². The van der Waals surface area contributed by atoms with E-state index >= 15 is 0 Å². The summed E-state index contributed by atoms with van der Waals surface area (Å²) in [4.78, 5) is 4.49. The van der Waals surface area contributed by atoms with Crippen LogP contribution in [0.2, 0.25) is 0 Å². The summed E-state index contributed by atoms with van der Waals surface area (Å²) in [5, 5.41) is 10.9. The molecule has 2 aliphatic heterocycles. The molecule has 2 aromatic heterocycles. The van der Waals surface area contributed by atoms with Crippen molar-refractivity contribution in [1.29, 1.82) is 0 Å². The Morgan fingerprint density at radius 1 is 1.09 bits per heavy atom. The smallest absolute Gasteiger partial charge is 0.352 e. The molecule has 0 radical (unpaired) electrons. The number of halogens is 3. The molecule has 22 heavy (non-hydrogen) atoms. The molecular formula is C13H15F3N6. The van der Waals surface area contributed by atoms with Crippen molar-refractivity contribution in [2.75, 3.05) is 31.1 Å². The van der Waals surface area contributed by atoms with Gasteiger partial charge in [-0.05, 0) is 31.5 Å². The summed E-state index contributed by atoms with van der Waals surface area (Å²) in [5.41, 5.74) is 0.107. The van der Waals surface area contributed by atoms with Crippen molar-refractivity contribution in [1.82, 2.24) is 24.7 Å². The predicted molar refractivity (Wildman–Crippen MR) is 72.6 cm³/mol. The first kappa shape index (κ1) is 13.7. The van der Waals surface area contributed by atoms with Gasteiger partial charge in [0, 0.05) is 25.7 Å². The van der Waals surface area contributed by atoms with E-state index in [1.54, 1.807) is 6.07 Å². The van der Waals surface area contributed by atoms with Gasteiger partial charge in [-0.2, -0.15) is 17.7 Å². The summed E-state index contributed by atoms with van der Waals surface area (Å²) >= 11 is 0. The van der Waals surface area contributed by atoms with Crippen LogP contribution in [0.25, 0.3) is 5.65 Å². The van der Waals surface area contributed by atoms with E-state index in [2.05, 4.69) is 20.2 Å². The highest BCUT2D eigenvalue weighted by Gasteiger charge is 2.38. The van der Waals surface area contributed by atoms with Crippen LogP contribution in [0.1, 0.15) is 18.7 Å². The van der Waals surface area contributed by atoms with Crippen molar-refractivity contribution in [3.8, 4) is 0 Å². The lowest BCUT2D eigenvalue weighted by Crippen LogP contribution is -2.50. The number of hydrogen-bond acceptors (Lipinski definition) is 5. The molecule has 0 N–H and O–H groups in total. The number of alkyl halides is 3. The lowest BCUT2D eigenvalue weighted by Gasteiger charge is -2.38. The van der Waals surface area contributed by atoms with Gasteiger partial charge < -0.3 is 4.90 Å². The van der Waals surface area contributed by atoms with Gasteiger partial charge in [-0.15, -0.1) is 15.3 Å². The monoisotopic (exact) mass is 312 g/mol. The molecule has 0 spiro atoms. The normalized spacial score (nSPS) is 23.2. The lowest BCUT2D eigenvalue weighted by molar-refractivity contribution is -0.146. The minimum Gasteiger partial charge on any atom is -0.352 e. The third-order valence-electron chi connectivity index (χ3n) is 4.41. The largest absolute Gasteiger partial charge is 0.453 e. The first-order valence-corrected chi connectivity index (χ1v) is 7.31. The third kappa shape index (κ3) is 2.20. The third-order valence-corrected chi connectivity index (χ3v) is 4.41. The molecule has 1 atom stereocenters. The molecule has 0 aromatic carbocycles. The van der Waals surface area contributed by atoms with Crippen LogP contribution in [0.4, 0.5) is 19.0 Å². The first-order valence-electron chi connectivity index (χ1n) is 7.31. The summed E-state index contributed by atoms with van der Waals surface area (Å²) < 4.78 is 39.5. The number of aromatic nitrogens is 4. The van der Waals surface area contributed by atoms with Crippen LogP contribution >= 0.6 is 0 Å². The maximum Gasteiger partial charge on any atom is 0.453 e. The van der Waals surface area contributed by atoms with Crippen molar-refractivity contribution in [3.05, 3.63) is 18.0 Å². The highest BCUT2D eigenvalue weighted by atomic mass is 19.4. The lowest BCUT2D eigenvalue weighted by atomic mass is 10.1. The molecule has 0 aliphatic carbocycles. The van der Waals surface area contributed by atoms with E-state index in [4.69, 9.17) is 0 Å². The molecule has 118 valence electrons. The maximum absolute atomic E-state index is 12.9. The fourth-order valence-electron chi connectivity index (χ4n) is 3.32. The number of anilines is 1. The summed E-state index contributed by atoms with van der Waals surface area (Å²) in [5.74, 6) is -0.534. The van der Waals surface area contributed by atoms with Gasteiger partial charge in [0.05, 0.1) is 0 Å². The highest BCUT2D eigenvalue weighted by molar-refractivity contribution is 5.46. The maximum atomic E-state index is 12.9. The van der Waals surface area contributed by atoms with E-state index < -0.39 is 12.0 Å². The Morgan fingerprint density at radius 3 is 2.77 bits per heavy atom. The van der Waals surface area contributed by atoms with E-state index in [-0.39, 0.29) is 5.65 Å². The van der Waals surface area contributed by atoms with Crippen LogP contribution in [-0.2, 0) is 6.18 Å². The second-order valence-corrected chi connectivity index (χ2v) is 5.76. The summed E-state index contributed by atoms with van der Waals surface area (Å²) in [7, 11) is 0. The average molecular weight is 312 g/mol. The van der Waals surface area contributed by atoms with E-state index in [9.17, 15) is 13.2 Å². The minimum atomic E-state index is -4.56. The number of rotatable bonds is 1. The molecule has 2 aromatic rings. The Morgan fingerprint density at radius 2 is 1.95 bits per heavy atom. The van der Waals surface area contributed by atoms with Gasteiger partial charge in [-0.1, -0.05) is 0 Å². The molecule has 0 saturated carbocycles. The van der Waals surface area contributed by atoms with Gasteiger partial charge in [0.2, 0.25) is 0 Å². The van der Waals surface area contributed by atoms with Crippen LogP contribution in [0.5, 0.6) is 0 Å². The molecule has 2 aliphatic rings. The van der Waals surface area contributed by atoms with Crippen molar-refractivity contribution in [3.63, 3.8) is 0 Å². The summed E-state index contributed by atoms with van der Waals surface area (Å²) in [6.07, 6.45) is -2.23. The fraction of sp³-hybridized carbons (Fsp3) is 0.615. The molecule has 6 nitrogen and oxygen atoms in total. The molecule has 2 saturated heterocycles. The van der Waals surface area contributed by atoms with E-state index in [0.717, 1.165) is 37.1 Å². The van der Waals surface area contributed by atoms with Crippen LogP contribution < -0.4 is 4.90 Å². The standard InChI is InChI=1S/C13H15F3N6/c14-13(15,16)12-18-17-10-3-4-11(19-22(10)12)21-7-6-20-5-1-2-9(20)8-21/h3-4,9H,1-2,5-8H2/t9-/m1/s1. The Hall–Kier alpha value is -1.90. The fourth-order valence-corrected chi connectivity index (χ4v) is 3.32. The zero-order valence-corrected chi connectivity index (χ0v) is 11.8. The van der Waals surface area contributed by atoms with Gasteiger partial charge in [0.15, 0.2) is 5.65 Å². The summed E-state index contributed by atoms with van der Waals surface area (Å²) in [6, 6.07) is 3.73. The molecule has 4 rings (SSSR count). The van der Waals surface area contributed by atoms with Crippen molar-refractivity contribution < 1.29 is 13.2 Å². The van der Waals surface area contributed by atoms with Gasteiger partial charge >= 0.3 is 6.18 Å². The van der Waals surface area contributed by atoms with Crippen LogP contribution in [0, 0.1) is 0 Å². The number of piperazine rings is 1. The molecular weight excluding hydrogens is 297 g/mol. The predicted octanol–water partition coefficient (Wildman–Crippen LogP) is 1.43. The van der Waals surface area contributed by atoms with Crippen LogP contribution in [-0.4, -0.2) is 56.9 Å². The molecule has 9 heteroatoms. The Balaban J connectivity index is 1.67. The quantitative estimate of drug-likeness (QED) is 0.797. The van der Waals surface area contributed by atoms with Crippen LogP contribution in [0.3, 0.4) is 0 Å². The number of fused-ring (bicyclic) bond motifs is 2. The zero-order chi connectivity index (χ0) is 15.3. The Labute approximate surface area is 124 Å². The molecule has 4 heterocycles. The summed E-state index contributed by atoms with van der Waals surface area (Å²) in [6.45, 7) is 3.63. The molecule has 0 bridgehead atoms. The minimum absolute atomic E-state index is 0.107. The van der Waals surface area contributed by atoms with Gasteiger partial charge in [0.1, 0.15) is 5.82 Å². The van der Waals surface area contributed by atoms with E-state index in [0.29, 0.717) is 11.9 Å².